The SMILES string of the molecule is CC(C)(C)N(CC(=O)O)C(=O)NCCOC1CCCC1. The molecule has 0 aliphatic heterocycles. The molecule has 1 rings (SSSR count). The van der Waals surface area contributed by atoms with Gasteiger partial charge in [-0.25, -0.2) is 4.79 Å². The Balaban J connectivity index is 2.32. The second-order valence-corrected chi connectivity index (χ2v) is 6.16. The molecule has 0 saturated heterocycles. The molecule has 0 heterocycles. The maximum absolute atomic E-state index is 12.0. The smallest absolute Gasteiger partial charge is 0.323 e. The summed E-state index contributed by atoms with van der Waals surface area (Å²) < 4.78 is 5.65. The van der Waals surface area contributed by atoms with E-state index < -0.39 is 11.5 Å². The summed E-state index contributed by atoms with van der Waals surface area (Å²) in [5.41, 5.74) is -0.533. The van der Waals surface area contributed by atoms with Crippen molar-refractivity contribution in [2.24, 2.45) is 0 Å². The third kappa shape index (κ3) is 5.77. The maximum Gasteiger partial charge on any atom is 0.323 e. The van der Waals surface area contributed by atoms with Gasteiger partial charge in [-0.05, 0) is 33.6 Å². The van der Waals surface area contributed by atoms with Crippen molar-refractivity contribution in [1.29, 1.82) is 0 Å². The van der Waals surface area contributed by atoms with Crippen LogP contribution in [0.5, 0.6) is 0 Å². The lowest BCUT2D eigenvalue weighted by Gasteiger charge is -2.34. The van der Waals surface area contributed by atoms with Gasteiger partial charge in [-0.15, -0.1) is 0 Å². The van der Waals surface area contributed by atoms with Gasteiger partial charge in [-0.1, -0.05) is 12.8 Å². The minimum atomic E-state index is -1.02. The highest BCUT2D eigenvalue weighted by molar-refractivity contribution is 5.80. The van der Waals surface area contributed by atoms with Gasteiger partial charge in [-0.3, -0.25) is 4.79 Å². The average Bonchev–Trinajstić information content (AvgIpc) is 2.82. The monoisotopic (exact) mass is 286 g/mol. The lowest BCUT2D eigenvalue weighted by atomic mass is 10.1. The van der Waals surface area contributed by atoms with E-state index in [1.165, 1.54) is 17.7 Å². The van der Waals surface area contributed by atoms with Crippen molar-refractivity contribution < 1.29 is 19.4 Å². The lowest BCUT2D eigenvalue weighted by molar-refractivity contribution is -0.138. The Labute approximate surface area is 120 Å². The largest absolute Gasteiger partial charge is 0.480 e. The van der Waals surface area contributed by atoms with Crippen LogP contribution in [0.4, 0.5) is 4.79 Å². The molecule has 0 unspecified atom stereocenters. The Bertz CT molecular complexity index is 333. The predicted molar refractivity (Wildman–Crippen MR) is 75.7 cm³/mol. The Morgan fingerprint density at radius 2 is 1.90 bits per heavy atom. The Hall–Kier alpha value is -1.30. The van der Waals surface area contributed by atoms with Crippen LogP contribution >= 0.6 is 0 Å². The molecule has 0 radical (unpaired) electrons. The summed E-state index contributed by atoms with van der Waals surface area (Å²) in [4.78, 5) is 24.1. The topological polar surface area (TPSA) is 78.9 Å². The van der Waals surface area contributed by atoms with Gasteiger partial charge in [-0.2, -0.15) is 0 Å². The van der Waals surface area contributed by atoms with Gasteiger partial charge in [0.25, 0.3) is 0 Å². The molecule has 0 aromatic heterocycles. The van der Waals surface area contributed by atoms with Crippen LogP contribution in [-0.4, -0.2) is 53.3 Å². The molecule has 1 aliphatic carbocycles. The third-order valence-electron chi connectivity index (χ3n) is 3.38. The fourth-order valence-corrected chi connectivity index (χ4v) is 2.28. The van der Waals surface area contributed by atoms with Crippen LogP contribution in [-0.2, 0) is 9.53 Å². The minimum Gasteiger partial charge on any atom is -0.480 e. The van der Waals surface area contributed by atoms with E-state index in [1.54, 1.807) is 0 Å². The van der Waals surface area contributed by atoms with E-state index in [0.29, 0.717) is 19.3 Å². The molecule has 2 N–H and O–H groups in total. The zero-order valence-corrected chi connectivity index (χ0v) is 12.6. The van der Waals surface area contributed by atoms with Gasteiger partial charge in [0.05, 0.1) is 12.7 Å². The number of carbonyl (C=O) groups excluding carboxylic acids is 1. The van der Waals surface area contributed by atoms with Crippen molar-refractivity contribution in [1.82, 2.24) is 10.2 Å². The molecule has 0 aromatic rings. The van der Waals surface area contributed by atoms with Crippen molar-refractivity contribution in [2.75, 3.05) is 19.7 Å². The average molecular weight is 286 g/mol. The van der Waals surface area contributed by atoms with Gasteiger partial charge < -0.3 is 20.1 Å². The number of hydrogen-bond acceptors (Lipinski definition) is 3. The van der Waals surface area contributed by atoms with Crippen molar-refractivity contribution in [3.05, 3.63) is 0 Å². The molecule has 116 valence electrons. The van der Waals surface area contributed by atoms with Crippen LogP contribution in [0.1, 0.15) is 46.5 Å². The molecular formula is C14H26N2O4. The van der Waals surface area contributed by atoms with E-state index >= 15 is 0 Å². The van der Waals surface area contributed by atoms with Crippen LogP contribution in [0.2, 0.25) is 0 Å². The Kier molecular flexibility index (Phi) is 6.26. The normalized spacial score (nSPS) is 16.1. The fraction of sp³-hybridized carbons (Fsp3) is 0.857. The summed E-state index contributed by atoms with van der Waals surface area (Å²) in [6.45, 7) is 6.00. The molecule has 0 aromatic carbocycles. The molecular weight excluding hydrogens is 260 g/mol. The second-order valence-electron chi connectivity index (χ2n) is 6.16. The number of nitrogens with zero attached hydrogens (tertiary/aromatic N) is 1. The van der Waals surface area contributed by atoms with Gasteiger partial charge in [0, 0.05) is 12.1 Å². The van der Waals surface area contributed by atoms with E-state index in [1.807, 2.05) is 20.8 Å². The zero-order chi connectivity index (χ0) is 15.2. The Morgan fingerprint density at radius 3 is 2.40 bits per heavy atom. The quantitative estimate of drug-likeness (QED) is 0.730. The molecule has 0 atom stereocenters. The molecule has 0 bridgehead atoms. The van der Waals surface area contributed by atoms with Crippen LogP contribution < -0.4 is 5.32 Å². The van der Waals surface area contributed by atoms with Gasteiger partial charge in [0.1, 0.15) is 6.54 Å². The highest BCUT2D eigenvalue weighted by Crippen LogP contribution is 2.20. The molecule has 6 nitrogen and oxygen atoms in total. The summed E-state index contributed by atoms with van der Waals surface area (Å²) in [5.74, 6) is -1.02. The molecule has 20 heavy (non-hydrogen) atoms. The third-order valence-corrected chi connectivity index (χ3v) is 3.38. The Morgan fingerprint density at radius 1 is 1.30 bits per heavy atom. The second kappa shape index (κ2) is 7.47. The number of nitrogens with one attached hydrogen (secondary N) is 1. The summed E-state index contributed by atoms with van der Waals surface area (Å²) >= 11 is 0. The first-order valence-corrected chi connectivity index (χ1v) is 7.19. The first kappa shape index (κ1) is 16.8. The van der Waals surface area contributed by atoms with E-state index in [4.69, 9.17) is 9.84 Å². The summed E-state index contributed by atoms with van der Waals surface area (Å²) in [6.07, 6.45) is 4.95. The zero-order valence-electron chi connectivity index (χ0n) is 12.6. The number of rotatable bonds is 6. The number of hydrogen-bond donors (Lipinski definition) is 2. The number of carbonyl (C=O) groups is 2. The van der Waals surface area contributed by atoms with Crippen molar-refractivity contribution in [3.8, 4) is 0 Å². The molecule has 1 aliphatic rings. The number of ether oxygens (including phenoxy) is 1. The first-order chi connectivity index (χ1) is 9.30. The van der Waals surface area contributed by atoms with Gasteiger partial charge in [0.2, 0.25) is 0 Å². The van der Waals surface area contributed by atoms with Crippen LogP contribution in [0.3, 0.4) is 0 Å². The molecule has 0 spiro atoms. The first-order valence-electron chi connectivity index (χ1n) is 7.19. The maximum atomic E-state index is 12.0. The number of amides is 2. The van der Waals surface area contributed by atoms with Gasteiger partial charge >= 0.3 is 12.0 Å². The summed E-state index contributed by atoms with van der Waals surface area (Å²) in [5, 5.41) is 11.6. The number of carboxylic acid groups (broad SMARTS) is 1. The van der Waals surface area contributed by atoms with Gasteiger partial charge in [0.15, 0.2) is 0 Å². The van der Waals surface area contributed by atoms with Crippen LogP contribution in [0, 0.1) is 0 Å². The van der Waals surface area contributed by atoms with Crippen molar-refractivity contribution >= 4 is 12.0 Å². The standard InChI is InChI=1S/C14H26N2O4/c1-14(2,3)16(10-12(17)18)13(19)15-8-9-20-11-6-4-5-7-11/h11H,4-10H2,1-3H3,(H,15,19)(H,17,18). The van der Waals surface area contributed by atoms with E-state index in [2.05, 4.69) is 5.32 Å². The van der Waals surface area contributed by atoms with E-state index in [-0.39, 0.29) is 12.6 Å². The van der Waals surface area contributed by atoms with E-state index in [0.717, 1.165) is 12.8 Å². The molecule has 1 fully saturated rings. The number of carboxylic acids is 1. The fourth-order valence-electron chi connectivity index (χ4n) is 2.28. The molecule has 6 heteroatoms. The van der Waals surface area contributed by atoms with E-state index in [9.17, 15) is 9.59 Å². The van der Waals surface area contributed by atoms with Crippen molar-refractivity contribution in [3.63, 3.8) is 0 Å². The number of aliphatic carboxylic acids is 1. The highest BCUT2D eigenvalue weighted by Gasteiger charge is 2.28. The summed E-state index contributed by atoms with van der Waals surface area (Å²) in [6, 6.07) is -0.366. The molecule has 1 saturated carbocycles. The number of urea groups is 1. The van der Waals surface area contributed by atoms with Crippen LogP contribution in [0.15, 0.2) is 0 Å². The minimum absolute atomic E-state index is 0.307. The lowest BCUT2D eigenvalue weighted by Crippen LogP contribution is -2.52. The molecule has 2 amide bonds. The summed E-state index contributed by atoms with van der Waals surface area (Å²) in [7, 11) is 0. The highest BCUT2D eigenvalue weighted by atomic mass is 16.5. The van der Waals surface area contributed by atoms with Crippen molar-refractivity contribution in [2.45, 2.75) is 58.1 Å². The van der Waals surface area contributed by atoms with Crippen LogP contribution in [0.25, 0.3) is 0 Å². The predicted octanol–water partition coefficient (Wildman–Crippen LogP) is 1.84.